The van der Waals surface area contributed by atoms with E-state index >= 15 is 0 Å². The number of hydrogen-bond donors (Lipinski definition) is 3. The van der Waals surface area contributed by atoms with Gasteiger partial charge in [0.15, 0.2) is 5.03 Å². The van der Waals surface area contributed by atoms with E-state index in [2.05, 4.69) is 20.0 Å². The van der Waals surface area contributed by atoms with Crippen molar-refractivity contribution in [1.29, 1.82) is 0 Å². The van der Waals surface area contributed by atoms with E-state index in [0.717, 1.165) is 12.1 Å². The van der Waals surface area contributed by atoms with Crippen molar-refractivity contribution < 1.29 is 36.2 Å². The van der Waals surface area contributed by atoms with Crippen LogP contribution in [0, 0.1) is 5.41 Å². The molecule has 0 radical (unpaired) electrons. The van der Waals surface area contributed by atoms with E-state index < -0.39 is 51.5 Å². The molecule has 3 rings (SSSR count). The molecule has 1 aromatic carbocycles. The molecule has 0 aliphatic heterocycles. The second-order valence-corrected chi connectivity index (χ2v) is 12.6. The number of aromatic nitrogens is 3. The van der Waals surface area contributed by atoms with Crippen molar-refractivity contribution in [3.05, 3.63) is 66.7 Å². The topological polar surface area (TPSA) is 135 Å². The summed E-state index contributed by atoms with van der Waals surface area (Å²) in [7, 11) is -4.10. The number of alkyl carbamates (subject to hydrolysis) is 1. The number of alkyl halides is 3. The maximum absolute atomic E-state index is 13.0. The zero-order chi connectivity index (χ0) is 31.9. The van der Waals surface area contributed by atoms with E-state index in [-0.39, 0.29) is 18.2 Å². The van der Waals surface area contributed by atoms with Crippen LogP contribution in [0.1, 0.15) is 52.5 Å². The SMILES string of the molecule is CCCOC(=O)N[C@@](Cn1cnc(-c2ccc(C(F)(F)F)cc2)c1)([C@@H](O)CNS(=O)(=O)c1ccccn1)C(C)(C)CCC. The summed E-state index contributed by atoms with van der Waals surface area (Å²) in [6.45, 7) is 7.06. The van der Waals surface area contributed by atoms with Crippen LogP contribution in [-0.2, 0) is 27.5 Å². The Morgan fingerprint density at radius 1 is 1.07 bits per heavy atom. The lowest BCUT2D eigenvalue weighted by atomic mass is 9.66. The summed E-state index contributed by atoms with van der Waals surface area (Å²) in [5.74, 6) is 0. The number of carbonyl (C=O) groups is 1. The lowest BCUT2D eigenvalue weighted by molar-refractivity contribution is -0.137. The van der Waals surface area contributed by atoms with Gasteiger partial charge in [-0.3, -0.25) is 0 Å². The normalized spacial score (nSPS) is 14.6. The molecule has 0 aliphatic carbocycles. The van der Waals surface area contributed by atoms with E-state index in [1.165, 1.54) is 36.8 Å². The average molecular weight is 626 g/mol. The van der Waals surface area contributed by atoms with Gasteiger partial charge in [0.2, 0.25) is 0 Å². The number of carbonyl (C=O) groups excluding carboxylic acids is 1. The van der Waals surface area contributed by atoms with Crippen LogP contribution in [0.5, 0.6) is 0 Å². The number of aliphatic hydroxyl groups is 1. The summed E-state index contributed by atoms with van der Waals surface area (Å²) in [5, 5.41) is 14.4. The Labute approximate surface area is 249 Å². The molecule has 0 bridgehead atoms. The molecule has 2 aromatic heterocycles. The van der Waals surface area contributed by atoms with Gasteiger partial charge in [0.25, 0.3) is 10.0 Å². The predicted octanol–water partition coefficient (Wildman–Crippen LogP) is 5.00. The summed E-state index contributed by atoms with van der Waals surface area (Å²) in [6.07, 6.45) is -0.633. The summed E-state index contributed by atoms with van der Waals surface area (Å²) < 4.78 is 74.3. The van der Waals surface area contributed by atoms with Crippen LogP contribution in [0.25, 0.3) is 11.3 Å². The minimum absolute atomic E-state index is 0.0681. The molecule has 236 valence electrons. The van der Waals surface area contributed by atoms with Crippen LogP contribution in [0.3, 0.4) is 0 Å². The molecule has 3 aromatic rings. The lowest BCUT2D eigenvalue weighted by Gasteiger charge is -2.50. The molecule has 0 aliphatic rings. The zero-order valence-electron chi connectivity index (χ0n) is 24.6. The van der Waals surface area contributed by atoms with Crippen LogP contribution in [-0.4, -0.2) is 58.9 Å². The third-order valence-corrected chi connectivity index (χ3v) is 8.71. The van der Waals surface area contributed by atoms with Crippen molar-refractivity contribution in [2.75, 3.05) is 13.2 Å². The molecule has 14 heteroatoms. The minimum atomic E-state index is -4.48. The molecule has 0 saturated heterocycles. The molecule has 43 heavy (non-hydrogen) atoms. The molecular formula is C29H38F3N5O5S. The van der Waals surface area contributed by atoms with E-state index in [4.69, 9.17) is 4.74 Å². The number of rotatable bonds is 14. The monoisotopic (exact) mass is 625 g/mol. The maximum Gasteiger partial charge on any atom is 0.416 e. The largest absolute Gasteiger partial charge is 0.450 e. The number of imidazole rings is 1. The quantitative estimate of drug-likeness (QED) is 0.229. The Morgan fingerprint density at radius 3 is 2.35 bits per heavy atom. The summed E-state index contributed by atoms with van der Waals surface area (Å²) in [6, 6.07) is 8.96. The number of halogens is 3. The number of ether oxygens (including phenoxy) is 1. The number of nitrogens with one attached hydrogen (secondary N) is 2. The Morgan fingerprint density at radius 2 is 1.77 bits per heavy atom. The van der Waals surface area contributed by atoms with Crippen molar-refractivity contribution in [3.8, 4) is 11.3 Å². The standard InChI is InChI=1S/C29H38F3N5O5S/c1-5-14-27(3,4)28(36-26(39)42-16-6-2,24(38)17-35-43(40,41)25-9-7-8-15-33-25)19-37-18-23(34-20-37)21-10-12-22(13-11-21)29(30,31)32/h7-13,15,18,20,24,35,38H,5-6,14,16-17,19H2,1-4H3,(H,36,39)/t24-,28-/m0/s1. The smallest absolute Gasteiger partial charge is 0.416 e. The molecule has 0 spiro atoms. The van der Waals surface area contributed by atoms with Gasteiger partial charge in [-0.15, -0.1) is 0 Å². The zero-order valence-corrected chi connectivity index (χ0v) is 25.4. The Kier molecular flexibility index (Phi) is 11.0. The highest BCUT2D eigenvalue weighted by molar-refractivity contribution is 7.89. The van der Waals surface area contributed by atoms with Crippen LogP contribution >= 0.6 is 0 Å². The van der Waals surface area contributed by atoms with Gasteiger partial charge in [-0.2, -0.15) is 13.2 Å². The fourth-order valence-corrected chi connectivity index (χ4v) is 5.96. The summed E-state index contributed by atoms with van der Waals surface area (Å²) >= 11 is 0. The third kappa shape index (κ3) is 8.33. The number of benzene rings is 1. The number of hydrogen-bond acceptors (Lipinski definition) is 7. The first-order valence-electron chi connectivity index (χ1n) is 13.9. The maximum atomic E-state index is 13.0. The Bertz CT molecular complexity index is 1450. The number of amides is 1. The van der Waals surface area contributed by atoms with Gasteiger partial charge in [0.1, 0.15) is 0 Å². The second kappa shape index (κ2) is 13.9. The van der Waals surface area contributed by atoms with E-state index in [1.54, 1.807) is 16.8 Å². The van der Waals surface area contributed by atoms with Crippen molar-refractivity contribution >= 4 is 16.1 Å². The third-order valence-electron chi connectivity index (χ3n) is 7.37. The van der Waals surface area contributed by atoms with Crippen molar-refractivity contribution in [3.63, 3.8) is 0 Å². The first kappa shape index (κ1) is 34.0. The minimum Gasteiger partial charge on any atom is -0.450 e. The van der Waals surface area contributed by atoms with Gasteiger partial charge in [0.05, 0.1) is 35.8 Å². The second-order valence-electron chi connectivity index (χ2n) is 10.9. The molecule has 2 heterocycles. The van der Waals surface area contributed by atoms with Crippen LogP contribution in [0.15, 0.2) is 66.2 Å². The fraction of sp³-hybridized carbons (Fsp3) is 0.483. The van der Waals surface area contributed by atoms with Gasteiger partial charge >= 0.3 is 12.3 Å². The molecule has 0 fully saturated rings. The van der Waals surface area contributed by atoms with Gasteiger partial charge in [-0.25, -0.2) is 27.9 Å². The predicted molar refractivity (Wildman–Crippen MR) is 154 cm³/mol. The fourth-order valence-electron chi connectivity index (χ4n) is 4.98. The van der Waals surface area contributed by atoms with Crippen molar-refractivity contribution in [2.24, 2.45) is 5.41 Å². The van der Waals surface area contributed by atoms with E-state index in [9.17, 15) is 31.5 Å². The molecular weight excluding hydrogens is 587 g/mol. The highest BCUT2D eigenvalue weighted by atomic mass is 32.2. The molecule has 1 amide bonds. The number of nitrogens with zero attached hydrogens (tertiary/aromatic N) is 3. The number of aliphatic hydroxyl groups excluding tert-OH is 1. The lowest BCUT2D eigenvalue weighted by Crippen LogP contribution is -2.69. The van der Waals surface area contributed by atoms with Crippen LogP contribution in [0.2, 0.25) is 0 Å². The first-order chi connectivity index (χ1) is 20.1. The average Bonchev–Trinajstić information content (AvgIpc) is 3.42. The highest BCUT2D eigenvalue weighted by Gasteiger charge is 2.52. The molecule has 0 unspecified atom stereocenters. The van der Waals surface area contributed by atoms with Gasteiger partial charge in [-0.1, -0.05) is 52.3 Å². The van der Waals surface area contributed by atoms with Crippen LogP contribution < -0.4 is 10.0 Å². The molecule has 3 N–H and O–H groups in total. The molecule has 0 saturated carbocycles. The molecule has 2 atom stereocenters. The summed E-state index contributed by atoms with van der Waals surface area (Å²) in [4.78, 5) is 21.2. The van der Waals surface area contributed by atoms with Gasteiger partial charge in [0, 0.05) is 31.0 Å². The van der Waals surface area contributed by atoms with Crippen molar-refractivity contribution in [1.82, 2.24) is 24.6 Å². The number of sulfonamides is 1. The van der Waals surface area contributed by atoms with E-state index in [0.29, 0.717) is 30.5 Å². The summed E-state index contributed by atoms with van der Waals surface area (Å²) in [5.41, 5.74) is -2.32. The molecule has 10 nitrogen and oxygen atoms in total. The van der Waals surface area contributed by atoms with Crippen molar-refractivity contribution in [2.45, 2.75) is 76.3 Å². The first-order valence-corrected chi connectivity index (χ1v) is 15.4. The Balaban J connectivity index is 2.01. The number of pyridine rings is 1. The van der Waals surface area contributed by atoms with Crippen LogP contribution in [0.4, 0.5) is 18.0 Å². The van der Waals surface area contributed by atoms with Gasteiger partial charge in [-0.05, 0) is 42.5 Å². The highest BCUT2D eigenvalue weighted by Crippen LogP contribution is 2.40. The van der Waals surface area contributed by atoms with E-state index in [1.807, 2.05) is 27.7 Å². The Hall–Kier alpha value is -3.49. The van der Waals surface area contributed by atoms with Gasteiger partial charge < -0.3 is 19.7 Å².